The maximum atomic E-state index is 11.4. The number of hydrogen-bond donors (Lipinski definition) is 2. The van der Waals surface area contributed by atoms with Gasteiger partial charge in [0.1, 0.15) is 5.54 Å². The van der Waals surface area contributed by atoms with E-state index in [2.05, 4.69) is 5.32 Å². The minimum absolute atomic E-state index is 0.567. The molecule has 0 aromatic heterocycles. The summed E-state index contributed by atoms with van der Waals surface area (Å²) in [5.41, 5.74) is 0.00743. The minimum atomic E-state index is -0.630. The maximum absolute atomic E-state index is 11.4. The van der Waals surface area contributed by atoms with Crippen LogP contribution in [0.3, 0.4) is 0 Å². The lowest BCUT2D eigenvalue weighted by molar-refractivity contribution is -0.149. The third kappa shape index (κ3) is 2.01. The van der Waals surface area contributed by atoms with Crippen molar-refractivity contribution in [2.45, 2.75) is 69.7 Å². The van der Waals surface area contributed by atoms with E-state index in [9.17, 15) is 9.90 Å². The zero-order valence-electron chi connectivity index (χ0n) is 12.4. The Balaban J connectivity index is 1.36. The molecular weight excluding hydrogens is 250 g/mol. The average Bonchev–Trinajstić information content (AvgIpc) is 2.30. The molecule has 0 radical (unpaired) electrons. The van der Waals surface area contributed by atoms with Crippen molar-refractivity contribution in [2.24, 2.45) is 23.2 Å². The van der Waals surface area contributed by atoms with Crippen molar-refractivity contribution in [2.75, 3.05) is 6.54 Å². The van der Waals surface area contributed by atoms with Gasteiger partial charge < -0.3 is 10.4 Å². The predicted octanol–water partition coefficient (Wildman–Crippen LogP) is 3.19. The van der Waals surface area contributed by atoms with Crippen LogP contribution in [0.5, 0.6) is 0 Å². The fraction of sp³-hybridized carbons (Fsp3) is 0.941. The molecule has 0 spiro atoms. The fourth-order valence-electron chi connectivity index (χ4n) is 6.16. The Labute approximate surface area is 121 Å². The summed E-state index contributed by atoms with van der Waals surface area (Å²) in [7, 11) is 0. The van der Waals surface area contributed by atoms with Crippen LogP contribution in [0.15, 0.2) is 0 Å². The van der Waals surface area contributed by atoms with Gasteiger partial charge in [-0.05, 0) is 93.9 Å². The van der Waals surface area contributed by atoms with Crippen LogP contribution in [0.2, 0.25) is 0 Å². The summed E-state index contributed by atoms with van der Waals surface area (Å²) in [6.45, 7) is 0.915. The summed E-state index contributed by atoms with van der Waals surface area (Å²) >= 11 is 0. The van der Waals surface area contributed by atoms with Crippen molar-refractivity contribution < 1.29 is 9.90 Å². The molecule has 0 amide bonds. The number of nitrogens with one attached hydrogen (secondary N) is 1. The zero-order valence-corrected chi connectivity index (χ0v) is 12.4. The smallest absolute Gasteiger partial charge is 0.323 e. The summed E-state index contributed by atoms with van der Waals surface area (Å²) in [5.74, 6) is 2.37. The molecule has 112 valence electrons. The molecule has 0 atom stereocenters. The summed E-state index contributed by atoms with van der Waals surface area (Å²) in [6, 6.07) is 0. The monoisotopic (exact) mass is 277 g/mol. The second kappa shape index (κ2) is 4.46. The molecule has 0 heterocycles. The average molecular weight is 277 g/mol. The summed E-state index contributed by atoms with van der Waals surface area (Å²) in [4.78, 5) is 11.4. The van der Waals surface area contributed by atoms with Gasteiger partial charge in [0.15, 0.2) is 0 Å². The summed E-state index contributed by atoms with van der Waals surface area (Å²) in [6.07, 6.45) is 12.7. The SMILES string of the molecule is O=C(O)C1(NCCC23CC4CC(CC(C4)C2)C3)CCC1. The molecule has 5 saturated carbocycles. The highest BCUT2D eigenvalue weighted by Gasteiger charge is 2.51. The molecule has 5 aliphatic rings. The number of carboxylic acid groups (broad SMARTS) is 1. The highest BCUT2D eigenvalue weighted by atomic mass is 16.4. The molecule has 0 aromatic carbocycles. The molecule has 5 rings (SSSR count). The molecule has 2 N–H and O–H groups in total. The van der Waals surface area contributed by atoms with Crippen molar-refractivity contribution >= 4 is 5.97 Å². The zero-order chi connectivity index (χ0) is 13.8. The third-order valence-corrected chi connectivity index (χ3v) is 6.90. The van der Waals surface area contributed by atoms with Gasteiger partial charge in [-0.2, -0.15) is 0 Å². The van der Waals surface area contributed by atoms with Crippen LogP contribution in [0, 0.1) is 23.2 Å². The van der Waals surface area contributed by atoms with E-state index in [1.165, 1.54) is 44.9 Å². The number of carbonyl (C=O) groups is 1. The Bertz CT molecular complexity index is 378. The van der Waals surface area contributed by atoms with Gasteiger partial charge in [-0.3, -0.25) is 4.79 Å². The van der Waals surface area contributed by atoms with Crippen LogP contribution in [0.25, 0.3) is 0 Å². The molecule has 4 bridgehead atoms. The van der Waals surface area contributed by atoms with Gasteiger partial charge in [0, 0.05) is 0 Å². The highest BCUT2D eigenvalue weighted by molar-refractivity contribution is 5.79. The molecule has 0 aliphatic heterocycles. The Hall–Kier alpha value is -0.570. The molecule has 0 saturated heterocycles. The second-order valence-corrected chi connectivity index (χ2v) is 8.34. The Kier molecular flexibility index (Phi) is 2.93. The fourth-order valence-corrected chi connectivity index (χ4v) is 6.16. The van der Waals surface area contributed by atoms with E-state index < -0.39 is 11.5 Å². The topological polar surface area (TPSA) is 49.3 Å². The van der Waals surface area contributed by atoms with Crippen molar-refractivity contribution in [3.8, 4) is 0 Å². The first-order chi connectivity index (χ1) is 9.59. The standard InChI is InChI=1S/C17H27NO2/c19-15(20)17(2-1-3-17)18-5-4-16-9-12-6-13(10-16)8-14(7-12)11-16/h12-14,18H,1-11H2,(H,19,20). The van der Waals surface area contributed by atoms with E-state index >= 15 is 0 Å². The first-order valence-electron chi connectivity index (χ1n) is 8.58. The quantitative estimate of drug-likeness (QED) is 0.811. The molecule has 5 aliphatic carbocycles. The van der Waals surface area contributed by atoms with Gasteiger partial charge in [0.05, 0.1) is 0 Å². The van der Waals surface area contributed by atoms with Gasteiger partial charge in [0.25, 0.3) is 0 Å². The van der Waals surface area contributed by atoms with Gasteiger partial charge in [0.2, 0.25) is 0 Å². The van der Waals surface area contributed by atoms with Crippen LogP contribution in [-0.2, 0) is 4.79 Å². The van der Waals surface area contributed by atoms with Gasteiger partial charge in [-0.25, -0.2) is 0 Å². The van der Waals surface area contributed by atoms with Gasteiger partial charge in [-0.15, -0.1) is 0 Å². The third-order valence-electron chi connectivity index (χ3n) is 6.90. The second-order valence-electron chi connectivity index (χ2n) is 8.34. The van der Waals surface area contributed by atoms with E-state index in [0.29, 0.717) is 5.41 Å². The van der Waals surface area contributed by atoms with E-state index in [0.717, 1.165) is 43.6 Å². The number of aliphatic carboxylic acids is 1. The van der Waals surface area contributed by atoms with Crippen LogP contribution in [0.1, 0.15) is 64.2 Å². The Morgan fingerprint density at radius 3 is 2.00 bits per heavy atom. The van der Waals surface area contributed by atoms with E-state index in [-0.39, 0.29) is 0 Å². The maximum Gasteiger partial charge on any atom is 0.323 e. The molecular formula is C17H27NO2. The highest BCUT2D eigenvalue weighted by Crippen LogP contribution is 2.61. The normalized spacial score (nSPS) is 44.3. The lowest BCUT2D eigenvalue weighted by Crippen LogP contribution is -2.58. The molecule has 3 nitrogen and oxygen atoms in total. The van der Waals surface area contributed by atoms with Crippen molar-refractivity contribution in [3.63, 3.8) is 0 Å². The molecule has 5 fully saturated rings. The Morgan fingerprint density at radius 2 is 1.60 bits per heavy atom. The number of carboxylic acids is 1. The molecule has 3 heteroatoms. The van der Waals surface area contributed by atoms with Crippen LogP contribution >= 0.6 is 0 Å². The summed E-state index contributed by atoms with van der Waals surface area (Å²) < 4.78 is 0. The largest absolute Gasteiger partial charge is 0.480 e. The molecule has 0 unspecified atom stereocenters. The Morgan fingerprint density at radius 1 is 1.05 bits per heavy atom. The number of rotatable bonds is 5. The van der Waals surface area contributed by atoms with Crippen LogP contribution in [-0.4, -0.2) is 23.2 Å². The minimum Gasteiger partial charge on any atom is -0.480 e. The lowest BCUT2D eigenvalue weighted by atomic mass is 9.49. The van der Waals surface area contributed by atoms with Gasteiger partial charge >= 0.3 is 5.97 Å². The first kappa shape index (κ1) is 13.1. The first-order valence-corrected chi connectivity index (χ1v) is 8.58. The van der Waals surface area contributed by atoms with Crippen molar-refractivity contribution in [1.29, 1.82) is 0 Å². The van der Waals surface area contributed by atoms with Gasteiger partial charge in [-0.1, -0.05) is 0 Å². The van der Waals surface area contributed by atoms with E-state index in [1.807, 2.05) is 0 Å². The molecule has 20 heavy (non-hydrogen) atoms. The number of hydrogen-bond acceptors (Lipinski definition) is 2. The van der Waals surface area contributed by atoms with Crippen LogP contribution in [0.4, 0.5) is 0 Å². The van der Waals surface area contributed by atoms with Crippen molar-refractivity contribution in [1.82, 2.24) is 5.32 Å². The van der Waals surface area contributed by atoms with E-state index in [1.54, 1.807) is 0 Å². The summed E-state index contributed by atoms with van der Waals surface area (Å²) in [5, 5.41) is 12.8. The lowest BCUT2D eigenvalue weighted by Gasteiger charge is -2.57. The van der Waals surface area contributed by atoms with Crippen LogP contribution < -0.4 is 5.32 Å². The van der Waals surface area contributed by atoms with Crippen molar-refractivity contribution in [3.05, 3.63) is 0 Å². The predicted molar refractivity (Wildman–Crippen MR) is 77.4 cm³/mol. The van der Waals surface area contributed by atoms with E-state index in [4.69, 9.17) is 0 Å². The molecule has 0 aromatic rings.